The molecule has 0 aromatic heterocycles. The number of hydrogen-bond donors (Lipinski definition) is 0. The van der Waals surface area contributed by atoms with E-state index in [9.17, 15) is 15.3 Å². The Kier molecular flexibility index (Phi) is 14.7. The van der Waals surface area contributed by atoms with Crippen LogP contribution in [0.1, 0.15) is 75.2 Å². The number of rotatable bonds is 11. The van der Waals surface area contributed by atoms with Crippen molar-refractivity contribution in [3.8, 4) is 0 Å². The monoisotopic (exact) mass is 726 g/mol. The molecule has 0 spiro atoms. The molecule has 10 heteroatoms. The Balaban J connectivity index is 0.0000122. The minimum Gasteiger partial charge on any atom is -0.670 e. The minimum atomic E-state index is -1.04. The Morgan fingerprint density at radius 2 is 1.64 bits per heavy atom. The Morgan fingerprint density at radius 1 is 1.08 bits per heavy atom. The fourth-order valence-corrected chi connectivity index (χ4v) is 4.39. The summed E-state index contributed by atoms with van der Waals surface area (Å²) in [6, 6.07) is -2.66. The van der Waals surface area contributed by atoms with Crippen molar-refractivity contribution in [1.29, 1.82) is 0 Å². The number of amides is 1. The van der Waals surface area contributed by atoms with Crippen LogP contribution in [0.3, 0.4) is 0 Å². The maximum Gasteiger partial charge on any atom is 0.411 e. The first-order chi connectivity index (χ1) is 16.1. The third-order valence-corrected chi connectivity index (χ3v) is 6.04. The summed E-state index contributed by atoms with van der Waals surface area (Å²) < 4.78 is 28.6. The second-order valence-corrected chi connectivity index (χ2v) is 11.0. The molecule has 1 rings (SSSR count). The molecule has 207 valence electrons. The van der Waals surface area contributed by atoms with Crippen LogP contribution < -0.4 is 0 Å². The zero-order valence-corrected chi connectivity index (χ0v) is 28.6. The molecular weight excluding hydrogens is 679 g/mol. The molecule has 0 aromatic rings. The zero-order chi connectivity index (χ0) is 27.2. The van der Waals surface area contributed by atoms with Gasteiger partial charge in [-0.2, -0.15) is 0 Å². The smallest absolute Gasteiger partial charge is 0.411 e. The maximum atomic E-state index is 13.5. The van der Waals surface area contributed by atoms with Gasteiger partial charge in [-0.05, 0) is 68.2 Å². The summed E-state index contributed by atoms with van der Waals surface area (Å²) in [5.41, 5.74) is 6.67. The number of carbonyl (C=O) groups excluding carboxylic acids is 2. The van der Waals surface area contributed by atoms with Crippen LogP contribution in [0.25, 0.3) is 5.73 Å². The molecule has 0 bridgehead atoms. The van der Waals surface area contributed by atoms with E-state index in [1.165, 1.54) is 12.0 Å². The number of methoxy groups -OCH3 is 1. The molecule has 1 saturated heterocycles. The largest absolute Gasteiger partial charge is 0.670 e. The summed E-state index contributed by atoms with van der Waals surface area (Å²) in [5.74, 6) is -0.912. The van der Waals surface area contributed by atoms with E-state index in [1.807, 2.05) is 13.8 Å². The Morgan fingerprint density at radius 3 is 2.06 bits per heavy atom. The molecule has 36 heavy (non-hydrogen) atoms. The molecule has 1 fully saturated rings. The summed E-state index contributed by atoms with van der Waals surface area (Å²) >= 11 is 0. The van der Waals surface area contributed by atoms with Gasteiger partial charge in [-0.15, -0.1) is 6.58 Å². The number of ether oxygens (including phenoxy) is 5. The van der Waals surface area contributed by atoms with Gasteiger partial charge < -0.3 is 29.4 Å². The number of carbonyl (C=O) groups is 2. The van der Waals surface area contributed by atoms with E-state index in [4.69, 9.17) is 23.7 Å². The number of nitrogens with one attached hydrogen (secondary N) is 1. The van der Waals surface area contributed by atoms with Crippen molar-refractivity contribution < 1.29 is 77.3 Å². The number of nitrogens with zero attached hydrogens (tertiary/aromatic N) is 1. The van der Waals surface area contributed by atoms with Crippen molar-refractivity contribution in [2.24, 2.45) is 5.92 Å². The Bertz CT molecular complexity index is 716. The van der Waals surface area contributed by atoms with Crippen molar-refractivity contribution in [2.75, 3.05) is 20.3 Å². The molecule has 1 N–H and O–H groups in total. The first-order valence-electron chi connectivity index (χ1n) is 12.4. The summed E-state index contributed by atoms with van der Waals surface area (Å²) in [6.45, 7) is 20.7. The van der Waals surface area contributed by atoms with Crippen molar-refractivity contribution in [3.63, 3.8) is 0 Å². The van der Waals surface area contributed by atoms with Crippen LogP contribution in [0.4, 0.5) is 4.79 Å². The van der Waals surface area contributed by atoms with Gasteiger partial charge in [-0.1, -0.05) is 19.0 Å². The van der Waals surface area contributed by atoms with Gasteiger partial charge in [0.05, 0.1) is 12.2 Å². The van der Waals surface area contributed by atoms with Gasteiger partial charge in [0.1, 0.15) is 17.2 Å². The number of esters is 1. The van der Waals surface area contributed by atoms with Gasteiger partial charge >= 0.3 is 12.1 Å². The molecular formula is C26H47AcN2O7-. The average molecular weight is 727 g/mol. The SMILES string of the molecule is C=C[C@@](CC)(OC)[C@H]([NH-])[C@H]1[C@H](COC(C)OCC)C[C@H](C(=O)OC(C)(C)C)N1C(=O)OC(C)(C)C.[Ac]. The standard InChI is InChI=1S/C26H47N2O7.Ac/c1-12-26(13-2,31-11)21(27)20-18(16-33-17(4)32-14-3)15-19(22(29)34-24(5,6)7)28(20)23(30)35-25(8,9)10;/h12,17-21,27H,1,13-16H2,2-11H3;/q-1;/t17?,18-,19+,20+,21+,26-;/m0./s1. The fraction of sp³-hybridized carbons (Fsp3) is 0.846. The number of likely N-dealkylation sites (tertiary alicyclic amines) is 1. The molecule has 1 aliphatic heterocycles. The molecule has 1 amide bonds. The molecule has 1 aliphatic rings. The maximum absolute atomic E-state index is 13.5. The van der Waals surface area contributed by atoms with E-state index in [2.05, 4.69) is 6.58 Å². The molecule has 6 atom stereocenters. The quantitative estimate of drug-likeness (QED) is 0.165. The summed E-state index contributed by atoms with van der Waals surface area (Å²) in [7, 11) is 1.52. The molecule has 1 unspecified atom stereocenters. The van der Waals surface area contributed by atoms with Crippen molar-refractivity contribution >= 4 is 12.1 Å². The van der Waals surface area contributed by atoms with Crippen LogP contribution in [0.15, 0.2) is 12.7 Å². The molecule has 0 aromatic carbocycles. The van der Waals surface area contributed by atoms with Gasteiger partial charge in [0.15, 0.2) is 6.29 Å². The molecule has 0 aliphatic carbocycles. The van der Waals surface area contributed by atoms with E-state index in [0.29, 0.717) is 13.0 Å². The van der Waals surface area contributed by atoms with Crippen molar-refractivity contribution in [3.05, 3.63) is 18.4 Å². The van der Waals surface area contributed by atoms with Gasteiger partial charge in [0.25, 0.3) is 0 Å². The van der Waals surface area contributed by atoms with Gasteiger partial charge in [-0.3, -0.25) is 4.90 Å². The predicted molar refractivity (Wildman–Crippen MR) is 135 cm³/mol. The van der Waals surface area contributed by atoms with E-state index < -0.39 is 53.3 Å². The van der Waals surface area contributed by atoms with Gasteiger partial charge in [-0.25, -0.2) is 9.59 Å². The minimum absolute atomic E-state index is 0. The summed E-state index contributed by atoms with van der Waals surface area (Å²) in [4.78, 5) is 28.2. The van der Waals surface area contributed by atoms with Crippen LogP contribution in [0.5, 0.6) is 0 Å². The van der Waals surface area contributed by atoms with E-state index in [1.54, 1.807) is 54.5 Å². The molecule has 9 nitrogen and oxygen atoms in total. The number of hydrogen-bond acceptors (Lipinski definition) is 7. The summed E-state index contributed by atoms with van der Waals surface area (Å²) in [5, 5.41) is 0. The Labute approximate surface area is 253 Å². The molecule has 1 heterocycles. The second kappa shape index (κ2) is 14.8. The van der Waals surface area contributed by atoms with Crippen LogP contribution in [0, 0.1) is 50.0 Å². The van der Waals surface area contributed by atoms with Crippen LogP contribution in [-0.2, 0) is 28.5 Å². The average Bonchev–Trinajstić information content (AvgIpc) is 3.11. The fourth-order valence-electron chi connectivity index (χ4n) is 4.39. The second-order valence-electron chi connectivity index (χ2n) is 11.0. The van der Waals surface area contributed by atoms with Crippen molar-refractivity contribution in [2.45, 2.75) is 116 Å². The first kappa shape index (κ1) is 35.8. The van der Waals surface area contributed by atoms with Gasteiger partial charge in [0, 0.05) is 69.7 Å². The third kappa shape index (κ3) is 9.82. The van der Waals surface area contributed by atoms with Crippen molar-refractivity contribution in [1.82, 2.24) is 4.90 Å². The first-order valence-corrected chi connectivity index (χ1v) is 12.4. The van der Waals surface area contributed by atoms with Crippen LogP contribution in [0.2, 0.25) is 0 Å². The van der Waals surface area contributed by atoms with Crippen LogP contribution >= 0.6 is 0 Å². The zero-order valence-electron chi connectivity index (χ0n) is 23.9. The van der Waals surface area contributed by atoms with Crippen LogP contribution in [-0.4, -0.2) is 78.5 Å². The third-order valence-electron chi connectivity index (χ3n) is 6.04. The summed E-state index contributed by atoms with van der Waals surface area (Å²) in [6.07, 6.45) is 1.16. The Hall–Kier alpha value is -0.238. The van der Waals surface area contributed by atoms with Gasteiger partial charge in [0.2, 0.25) is 0 Å². The predicted octanol–water partition coefficient (Wildman–Crippen LogP) is 5.12. The molecule has 1 radical (unpaired) electrons. The van der Waals surface area contributed by atoms with E-state index in [0.717, 1.165) is 0 Å². The van der Waals surface area contributed by atoms with E-state index >= 15 is 0 Å². The molecule has 0 saturated carbocycles. The normalized spacial score (nSPS) is 23.8. The van der Waals surface area contributed by atoms with E-state index in [-0.39, 0.29) is 63.0 Å². The topological polar surface area (TPSA) is 107 Å².